The van der Waals surface area contributed by atoms with Gasteiger partial charge in [0.15, 0.2) is 0 Å². The molecule has 2 fully saturated rings. The zero-order valence-electron chi connectivity index (χ0n) is 19.3. The van der Waals surface area contributed by atoms with Crippen molar-refractivity contribution in [1.29, 1.82) is 0 Å². The third-order valence-corrected chi connectivity index (χ3v) is 7.56. The number of carbonyl (C=O) groups excluding carboxylic acids is 2. The first-order chi connectivity index (χ1) is 16.3. The molecule has 1 N–H and O–H groups in total. The molecule has 0 radical (unpaired) electrons. The van der Waals surface area contributed by atoms with Gasteiger partial charge in [-0.2, -0.15) is 0 Å². The van der Waals surface area contributed by atoms with E-state index in [1.165, 1.54) is 19.2 Å². The number of nitrogens with one attached hydrogen (secondary N) is 1. The van der Waals surface area contributed by atoms with Gasteiger partial charge >= 0.3 is 0 Å². The highest BCUT2D eigenvalue weighted by Crippen LogP contribution is 2.28. The summed E-state index contributed by atoms with van der Waals surface area (Å²) in [5, 5.41) is 0. The van der Waals surface area contributed by atoms with E-state index in [4.69, 9.17) is 9.47 Å². The van der Waals surface area contributed by atoms with Gasteiger partial charge in [0.25, 0.3) is 11.8 Å². The van der Waals surface area contributed by atoms with Gasteiger partial charge in [0.1, 0.15) is 11.5 Å². The average Bonchev–Trinajstić information content (AvgIpc) is 3.71. The van der Waals surface area contributed by atoms with E-state index in [0.717, 1.165) is 12.8 Å². The second-order valence-corrected chi connectivity index (χ2v) is 10.2. The van der Waals surface area contributed by atoms with Crippen molar-refractivity contribution in [3.05, 3.63) is 53.6 Å². The van der Waals surface area contributed by atoms with Crippen LogP contribution in [-0.2, 0) is 10.0 Å². The Morgan fingerprint density at radius 1 is 0.941 bits per heavy atom. The Morgan fingerprint density at radius 3 is 2.24 bits per heavy atom. The maximum absolute atomic E-state index is 13.0. The molecule has 0 unspecified atom stereocenters. The van der Waals surface area contributed by atoms with Crippen molar-refractivity contribution in [1.82, 2.24) is 14.5 Å². The van der Waals surface area contributed by atoms with Gasteiger partial charge in [0, 0.05) is 44.4 Å². The van der Waals surface area contributed by atoms with Crippen molar-refractivity contribution in [2.75, 3.05) is 46.9 Å². The van der Waals surface area contributed by atoms with Gasteiger partial charge in [-0.3, -0.25) is 9.59 Å². The lowest BCUT2D eigenvalue weighted by molar-refractivity contribution is 0.0533. The molecular formula is C24H29N3O6S. The molecule has 0 aromatic heterocycles. The van der Waals surface area contributed by atoms with Crippen LogP contribution in [0, 0.1) is 5.92 Å². The molecule has 0 spiro atoms. The van der Waals surface area contributed by atoms with Gasteiger partial charge in [-0.1, -0.05) is 6.07 Å². The minimum Gasteiger partial charge on any atom is -0.497 e. The van der Waals surface area contributed by atoms with Crippen LogP contribution in [0.25, 0.3) is 0 Å². The highest BCUT2D eigenvalue weighted by atomic mass is 32.2. The smallest absolute Gasteiger partial charge is 0.257 e. The fourth-order valence-corrected chi connectivity index (χ4v) is 5.03. The molecule has 1 saturated carbocycles. The van der Waals surface area contributed by atoms with E-state index in [1.54, 1.807) is 47.2 Å². The summed E-state index contributed by atoms with van der Waals surface area (Å²) in [5.41, 5.74) is 0.741. The summed E-state index contributed by atoms with van der Waals surface area (Å²) < 4.78 is 38.3. The molecule has 2 aromatic carbocycles. The van der Waals surface area contributed by atoms with Gasteiger partial charge in [-0.15, -0.1) is 0 Å². The first-order valence-corrected chi connectivity index (χ1v) is 12.7. The van der Waals surface area contributed by atoms with Gasteiger partial charge in [-0.25, -0.2) is 13.1 Å². The Bertz CT molecular complexity index is 1170. The van der Waals surface area contributed by atoms with E-state index >= 15 is 0 Å². The monoisotopic (exact) mass is 487 g/mol. The first-order valence-electron chi connectivity index (χ1n) is 11.2. The van der Waals surface area contributed by atoms with E-state index < -0.39 is 10.0 Å². The van der Waals surface area contributed by atoms with Crippen molar-refractivity contribution >= 4 is 21.8 Å². The Morgan fingerprint density at radius 2 is 1.62 bits per heavy atom. The first kappa shape index (κ1) is 24.0. The second kappa shape index (κ2) is 10.0. The fourth-order valence-electron chi connectivity index (χ4n) is 3.87. The number of piperazine rings is 1. The third-order valence-electron chi connectivity index (χ3n) is 6.14. The van der Waals surface area contributed by atoms with Crippen LogP contribution < -0.4 is 14.2 Å². The Hall–Kier alpha value is -3.11. The summed E-state index contributed by atoms with van der Waals surface area (Å²) in [4.78, 5) is 29.5. The molecule has 1 aliphatic carbocycles. The number of sulfonamides is 1. The maximum Gasteiger partial charge on any atom is 0.257 e. The summed E-state index contributed by atoms with van der Waals surface area (Å²) >= 11 is 0. The number of carbonyl (C=O) groups is 2. The van der Waals surface area contributed by atoms with Crippen LogP contribution in [0.2, 0.25) is 0 Å². The maximum atomic E-state index is 13.0. The summed E-state index contributed by atoms with van der Waals surface area (Å²) in [6, 6.07) is 11.1. The molecule has 9 nitrogen and oxygen atoms in total. The number of benzene rings is 2. The van der Waals surface area contributed by atoms with Crippen molar-refractivity contribution in [2.45, 2.75) is 17.7 Å². The number of hydrogen-bond acceptors (Lipinski definition) is 6. The van der Waals surface area contributed by atoms with Crippen LogP contribution in [0.1, 0.15) is 33.6 Å². The number of nitrogens with zero attached hydrogens (tertiary/aromatic N) is 2. The lowest BCUT2D eigenvalue weighted by Crippen LogP contribution is -2.50. The number of methoxy groups -OCH3 is 2. The molecule has 0 bridgehead atoms. The molecule has 34 heavy (non-hydrogen) atoms. The SMILES string of the molecule is COc1ccc(C(=O)N2CCN(C(=O)c3cccc(S(=O)(=O)NCC4CC4)c3)CC2)c(OC)c1. The van der Waals surface area contributed by atoms with Crippen molar-refractivity contribution in [3.8, 4) is 11.5 Å². The molecule has 2 aliphatic rings. The standard InChI is InChI=1S/C24H29N3O6S/c1-32-19-8-9-21(22(15-19)33-2)24(29)27-12-10-26(11-13-27)23(28)18-4-3-5-20(14-18)34(30,31)25-16-17-6-7-17/h3-5,8-9,14-15,17,25H,6-7,10-13,16H2,1-2H3. The Kier molecular flexibility index (Phi) is 7.08. The summed E-state index contributed by atoms with van der Waals surface area (Å²) in [6.07, 6.45) is 2.08. The number of hydrogen-bond donors (Lipinski definition) is 1. The highest BCUT2D eigenvalue weighted by Gasteiger charge is 2.28. The van der Waals surface area contributed by atoms with Crippen LogP contribution in [-0.4, -0.2) is 77.0 Å². The zero-order chi connectivity index (χ0) is 24.3. The van der Waals surface area contributed by atoms with Crippen LogP contribution in [0.5, 0.6) is 11.5 Å². The minimum absolute atomic E-state index is 0.0828. The fraction of sp³-hybridized carbons (Fsp3) is 0.417. The number of amides is 2. The normalized spacial score (nSPS) is 16.3. The second-order valence-electron chi connectivity index (χ2n) is 8.47. The van der Waals surface area contributed by atoms with E-state index in [0.29, 0.717) is 61.3 Å². The molecule has 1 aliphatic heterocycles. The quantitative estimate of drug-likeness (QED) is 0.611. The largest absolute Gasteiger partial charge is 0.497 e. The van der Waals surface area contributed by atoms with Gasteiger partial charge in [0.2, 0.25) is 10.0 Å². The van der Waals surface area contributed by atoms with Crippen LogP contribution in [0.4, 0.5) is 0 Å². The lowest BCUT2D eigenvalue weighted by Gasteiger charge is -2.35. The van der Waals surface area contributed by atoms with E-state index in [2.05, 4.69) is 4.72 Å². The van der Waals surface area contributed by atoms with Crippen LogP contribution >= 0.6 is 0 Å². The van der Waals surface area contributed by atoms with Gasteiger partial charge in [0.05, 0.1) is 24.7 Å². The predicted octanol–water partition coefficient (Wildman–Crippen LogP) is 1.99. The van der Waals surface area contributed by atoms with Crippen molar-refractivity contribution in [3.63, 3.8) is 0 Å². The molecule has 0 atom stereocenters. The van der Waals surface area contributed by atoms with Gasteiger partial charge < -0.3 is 19.3 Å². The van der Waals surface area contributed by atoms with E-state index in [9.17, 15) is 18.0 Å². The molecule has 1 heterocycles. The molecule has 4 rings (SSSR count). The number of rotatable bonds is 8. The summed E-state index contributed by atoms with van der Waals surface area (Å²) in [5.74, 6) is 0.998. The average molecular weight is 488 g/mol. The molecule has 2 amide bonds. The molecule has 10 heteroatoms. The Labute approximate surface area is 199 Å². The van der Waals surface area contributed by atoms with Crippen molar-refractivity contribution in [2.24, 2.45) is 5.92 Å². The zero-order valence-corrected chi connectivity index (χ0v) is 20.1. The number of ether oxygens (including phenoxy) is 2. The third kappa shape index (κ3) is 5.34. The lowest BCUT2D eigenvalue weighted by atomic mass is 10.1. The molecular weight excluding hydrogens is 458 g/mol. The molecule has 2 aromatic rings. The van der Waals surface area contributed by atoms with Gasteiger partial charge in [-0.05, 0) is 49.1 Å². The summed E-state index contributed by atoms with van der Waals surface area (Å²) in [7, 11) is -0.617. The van der Waals surface area contributed by atoms with E-state index in [-0.39, 0.29) is 16.7 Å². The van der Waals surface area contributed by atoms with E-state index in [1.807, 2.05) is 0 Å². The predicted molar refractivity (Wildman–Crippen MR) is 126 cm³/mol. The summed E-state index contributed by atoms with van der Waals surface area (Å²) in [6.45, 7) is 1.84. The highest BCUT2D eigenvalue weighted by molar-refractivity contribution is 7.89. The topological polar surface area (TPSA) is 105 Å². The Balaban J connectivity index is 1.40. The molecule has 1 saturated heterocycles. The van der Waals surface area contributed by atoms with Crippen molar-refractivity contribution < 1.29 is 27.5 Å². The van der Waals surface area contributed by atoms with Crippen LogP contribution in [0.15, 0.2) is 47.4 Å². The van der Waals surface area contributed by atoms with Crippen LogP contribution in [0.3, 0.4) is 0 Å². The minimum atomic E-state index is -3.66. The molecule has 182 valence electrons.